The highest BCUT2D eigenvalue weighted by atomic mass is 19.4. The topological polar surface area (TPSA) is 46.2 Å². The van der Waals surface area contributed by atoms with Crippen LogP contribution in [0, 0.1) is 0 Å². The SMILES string of the molecule is N[C@@H]1CCCc2cc(C(F)(F)F)ccc2[C@@H]1O. The smallest absolute Gasteiger partial charge is 0.387 e. The van der Waals surface area contributed by atoms with Gasteiger partial charge >= 0.3 is 6.18 Å². The molecule has 3 N–H and O–H groups in total. The Labute approximate surface area is 97.2 Å². The molecule has 2 nitrogen and oxygen atoms in total. The van der Waals surface area contributed by atoms with E-state index in [0.29, 0.717) is 30.4 Å². The molecular formula is C12H14F3NO. The molecule has 1 aromatic carbocycles. The van der Waals surface area contributed by atoms with E-state index in [-0.39, 0.29) is 0 Å². The number of aryl methyl sites for hydroxylation is 1. The van der Waals surface area contributed by atoms with Gasteiger partial charge in [-0.2, -0.15) is 13.2 Å². The van der Waals surface area contributed by atoms with Crippen molar-refractivity contribution in [2.24, 2.45) is 5.73 Å². The third-order valence-corrected chi connectivity index (χ3v) is 3.18. The zero-order chi connectivity index (χ0) is 12.6. The highest BCUT2D eigenvalue weighted by Gasteiger charge is 2.32. The van der Waals surface area contributed by atoms with Crippen molar-refractivity contribution in [3.05, 3.63) is 34.9 Å². The number of halogens is 3. The van der Waals surface area contributed by atoms with E-state index in [2.05, 4.69) is 0 Å². The summed E-state index contributed by atoms with van der Waals surface area (Å²) >= 11 is 0. The Balaban J connectivity index is 2.43. The van der Waals surface area contributed by atoms with E-state index in [0.717, 1.165) is 12.1 Å². The van der Waals surface area contributed by atoms with Gasteiger partial charge in [-0.1, -0.05) is 6.07 Å². The zero-order valence-corrected chi connectivity index (χ0v) is 9.17. The van der Waals surface area contributed by atoms with Crippen LogP contribution in [0.4, 0.5) is 13.2 Å². The monoisotopic (exact) mass is 245 g/mol. The van der Waals surface area contributed by atoms with Gasteiger partial charge in [0.1, 0.15) is 0 Å². The summed E-state index contributed by atoms with van der Waals surface area (Å²) in [6, 6.07) is 3.07. The van der Waals surface area contributed by atoms with Crippen LogP contribution < -0.4 is 5.73 Å². The minimum absolute atomic E-state index is 0.395. The third kappa shape index (κ3) is 2.45. The molecule has 0 aliphatic heterocycles. The van der Waals surface area contributed by atoms with Gasteiger partial charge in [-0.25, -0.2) is 0 Å². The van der Waals surface area contributed by atoms with E-state index in [4.69, 9.17) is 5.73 Å². The molecule has 0 saturated heterocycles. The summed E-state index contributed by atoms with van der Waals surface area (Å²) in [4.78, 5) is 0. The predicted molar refractivity (Wildman–Crippen MR) is 57.3 cm³/mol. The van der Waals surface area contributed by atoms with Crippen molar-refractivity contribution in [1.29, 1.82) is 0 Å². The first-order valence-corrected chi connectivity index (χ1v) is 5.53. The lowest BCUT2D eigenvalue weighted by molar-refractivity contribution is -0.137. The fourth-order valence-electron chi connectivity index (χ4n) is 2.20. The van der Waals surface area contributed by atoms with Crippen LogP contribution in [-0.2, 0) is 12.6 Å². The van der Waals surface area contributed by atoms with Gasteiger partial charge in [0.25, 0.3) is 0 Å². The summed E-state index contributed by atoms with van der Waals surface area (Å²) < 4.78 is 37.6. The molecule has 2 rings (SSSR count). The van der Waals surface area contributed by atoms with Crippen LogP contribution >= 0.6 is 0 Å². The summed E-state index contributed by atoms with van der Waals surface area (Å²) in [6.07, 6.45) is -3.35. The number of hydrogen-bond acceptors (Lipinski definition) is 2. The molecule has 0 fully saturated rings. The first kappa shape index (κ1) is 12.4. The molecule has 0 spiro atoms. The summed E-state index contributed by atoms with van der Waals surface area (Å²) in [5, 5.41) is 9.90. The van der Waals surface area contributed by atoms with Crippen LogP contribution in [0.5, 0.6) is 0 Å². The molecule has 0 bridgehead atoms. The number of benzene rings is 1. The Bertz CT molecular complexity index is 417. The molecule has 0 radical (unpaired) electrons. The standard InChI is InChI=1S/C12H14F3NO/c13-12(14,15)8-4-5-9-7(6-8)2-1-3-10(16)11(9)17/h4-6,10-11,17H,1-3,16H2/t10-,11+/m1/s1. The summed E-state index contributed by atoms with van der Waals surface area (Å²) in [5.74, 6) is 0. The molecule has 0 amide bonds. The maximum atomic E-state index is 12.5. The fraction of sp³-hybridized carbons (Fsp3) is 0.500. The Morgan fingerprint density at radius 1 is 1.29 bits per heavy atom. The van der Waals surface area contributed by atoms with E-state index < -0.39 is 23.9 Å². The summed E-state index contributed by atoms with van der Waals surface area (Å²) in [5.41, 5.74) is 6.16. The van der Waals surface area contributed by atoms with Crippen LogP contribution in [0.25, 0.3) is 0 Å². The minimum atomic E-state index is -4.34. The van der Waals surface area contributed by atoms with E-state index in [1.54, 1.807) is 0 Å². The first-order valence-electron chi connectivity index (χ1n) is 5.53. The van der Waals surface area contributed by atoms with Gasteiger partial charge in [-0.3, -0.25) is 0 Å². The number of rotatable bonds is 0. The zero-order valence-electron chi connectivity index (χ0n) is 9.17. The van der Waals surface area contributed by atoms with Crippen LogP contribution in [0.1, 0.15) is 35.6 Å². The lowest BCUT2D eigenvalue weighted by atomic mass is 9.97. The molecule has 94 valence electrons. The molecular weight excluding hydrogens is 231 g/mol. The van der Waals surface area contributed by atoms with Crippen LogP contribution in [0.3, 0.4) is 0 Å². The van der Waals surface area contributed by atoms with Gasteiger partial charge < -0.3 is 10.8 Å². The maximum Gasteiger partial charge on any atom is 0.416 e. The molecule has 1 aliphatic rings. The van der Waals surface area contributed by atoms with Crippen molar-refractivity contribution in [1.82, 2.24) is 0 Å². The summed E-state index contributed by atoms with van der Waals surface area (Å²) in [7, 11) is 0. The number of aliphatic hydroxyl groups is 1. The van der Waals surface area contributed by atoms with Crippen molar-refractivity contribution < 1.29 is 18.3 Å². The molecule has 0 heterocycles. The highest BCUT2D eigenvalue weighted by Crippen LogP contribution is 2.34. The predicted octanol–water partition coefficient (Wildman–Crippen LogP) is 2.40. The van der Waals surface area contributed by atoms with E-state index in [1.807, 2.05) is 0 Å². The molecule has 17 heavy (non-hydrogen) atoms. The quantitative estimate of drug-likeness (QED) is 0.689. The summed E-state index contributed by atoms with van der Waals surface area (Å²) in [6.45, 7) is 0. The van der Waals surface area contributed by atoms with Gasteiger partial charge in [-0.15, -0.1) is 0 Å². The second-order valence-electron chi connectivity index (χ2n) is 4.41. The highest BCUT2D eigenvalue weighted by molar-refractivity contribution is 5.36. The third-order valence-electron chi connectivity index (χ3n) is 3.18. The number of alkyl halides is 3. The lowest BCUT2D eigenvalue weighted by Gasteiger charge is -2.18. The van der Waals surface area contributed by atoms with Crippen molar-refractivity contribution in [3.8, 4) is 0 Å². The molecule has 5 heteroatoms. The van der Waals surface area contributed by atoms with Gasteiger partial charge in [-0.05, 0) is 42.5 Å². The Hall–Kier alpha value is -1.07. The number of hydrogen-bond donors (Lipinski definition) is 2. The normalized spacial score (nSPS) is 25.2. The van der Waals surface area contributed by atoms with Crippen molar-refractivity contribution >= 4 is 0 Å². The van der Waals surface area contributed by atoms with Gasteiger partial charge in [0.15, 0.2) is 0 Å². The van der Waals surface area contributed by atoms with Crippen LogP contribution in [0.15, 0.2) is 18.2 Å². The number of aliphatic hydroxyl groups excluding tert-OH is 1. The second kappa shape index (κ2) is 4.31. The van der Waals surface area contributed by atoms with Gasteiger partial charge in [0.05, 0.1) is 11.7 Å². The Kier molecular flexibility index (Phi) is 3.14. The van der Waals surface area contributed by atoms with Crippen LogP contribution in [0.2, 0.25) is 0 Å². The molecule has 2 atom stereocenters. The van der Waals surface area contributed by atoms with Crippen molar-refractivity contribution in [2.45, 2.75) is 37.6 Å². The first-order chi connectivity index (χ1) is 7.89. The minimum Gasteiger partial charge on any atom is -0.387 e. The number of nitrogens with two attached hydrogens (primary N) is 1. The van der Waals surface area contributed by atoms with E-state index in [9.17, 15) is 18.3 Å². The Morgan fingerprint density at radius 2 is 2.00 bits per heavy atom. The van der Waals surface area contributed by atoms with Crippen LogP contribution in [-0.4, -0.2) is 11.1 Å². The van der Waals surface area contributed by atoms with E-state index in [1.165, 1.54) is 6.07 Å². The lowest BCUT2D eigenvalue weighted by Crippen LogP contribution is -2.27. The van der Waals surface area contributed by atoms with Crippen molar-refractivity contribution in [3.63, 3.8) is 0 Å². The molecule has 1 aliphatic carbocycles. The second-order valence-corrected chi connectivity index (χ2v) is 4.41. The van der Waals surface area contributed by atoms with Crippen molar-refractivity contribution in [2.75, 3.05) is 0 Å². The number of fused-ring (bicyclic) bond motifs is 1. The van der Waals surface area contributed by atoms with E-state index >= 15 is 0 Å². The molecule has 1 aromatic rings. The molecule has 0 saturated carbocycles. The van der Waals surface area contributed by atoms with Gasteiger partial charge in [0.2, 0.25) is 0 Å². The average molecular weight is 245 g/mol. The Morgan fingerprint density at radius 3 is 2.65 bits per heavy atom. The fourth-order valence-corrected chi connectivity index (χ4v) is 2.20. The maximum absolute atomic E-state index is 12.5. The average Bonchev–Trinajstić information content (AvgIpc) is 2.38. The largest absolute Gasteiger partial charge is 0.416 e. The molecule has 0 unspecified atom stereocenters. The van der Waals surface area contributed by atoms with Gasteiger partial charge in [0, 0.05) is 6.04 Å². The molecule has 0 aromatic heterocycles.